The van der Waals surface area contributed by atoms with Crippen molar-refractivity contribution in [1.29, 1.82) is 0 Å². The topological polar surface area (TPSA) is 22.8 Å². The molecule has 214 valence electrons. The van der Waals surface area contributed by atoms with Gasteiger partial charge >= 0.3 is 0 Å². The molecule has 3 nitrogen and oxygen atoms in total. The lowest BCUT2D eigenvalue weighted by atomic mass is 9.92. The van der Waals surface area contributed by atoms with Crippen LogP contribution >= 0.6 is 0 Å². The van der Waals surface area contributed by atoms with Crippen LogP contribution < -0.4 is 0 Å². The molecule has 0 bridgehead atoms. The molecule has 10 aromatic rings. The van der Waals surface area contributed by atoms with Crippen LogP contribution in [0.2, 0.25) is 0 Å². The van der Waals surface area contributed by atoms with E-state index in [0.29, 0.717) is 0 Å². The molecule has 0 saturated heterocycles. The Kier molecular flexibility index (Phi) is 5.28. The molecule has 0 N–H and O–H groups in total. The summed E-state index contributed by atoms with van der Waals surface area (Å²) < 4.78 is 4.68. The summed E-state index contributed by atoms with van der Waals surface area (Å²) in [5, 5.41) is 10.0. The fraction of sp³-hybridized carbons (Fsp3) is 0. The molecule has 0 aliphatic rings. The van der Waals surface area contributed by atoms with Gasteiger partial charge in [-0.2, -0.15) is 0 Å². The molecule has 0 radical (unpaired) electrons. The first-order valence-electron chi connectivity index (χ1n) is 15.7. The average Bonchev–Trinajstić information content (AvgIpc) is 3.67. The number of imidazole rings is 1. The number of para-hydroxylation sites is 5. The Bertz CT molecular complexity index is 2790. The van der Waals surface area contributed by atoms with E-state index < -0.39 is 0 Å². The van der Waals surface area contributed by atoms with Gasteiger partial charge in [-0.05, 0) is 93.0 Å². The first-order valence-corrected chi connectivity index (χ1v) is 15.7. The normalized spacial score (nSPS) is 11.9. The van der Waals surface area contributed by atoms with Crippen molar-refractivity contribution in [1.82, 2.24) is 14.1 Å². The fourth-order valence-corrected chi connectivity index (χ4v) is 7.47. The summed E-state index contributed by atoms with van der Waals surface area (Å²) >= 11 is 0. The van der Waals surface area contributed by atoms with Gasteiger partial charge in [0.15, 0.2) is 0 Å². The summed E-state index contributed by atoms with van der Waals surface area (Å²) in [6.07, 6.45) is 0. The lowest BCUT2D eigenvalue weighted by molar-refractivity contribution is 1.10. The predicted molar refractivity (Wildman–Crippen MR) is 193 cm³/mol. The van der Waals surface area contributed by atoms with Crippen LogP contribution in [0, 0.1) is 0 Å². The Balaban J connectivity index is 1.31. The SMILES string of the molecule is c1ccc(-n2c(-c3ccc4c(c3)c3ccccc3c3cc5c(cc43)c3ccccc3n5-c3ccccc3)nc3ccccc32)cc1. The van der Waals surface area contributed by atoms with E-state index in [-0.39, 0.29) is 0 Å². The summed E-state index contributed by atoms with van der Waals surface area (Å²) in [7, 11) is 0. The zero-order chi connectivity index (χ0) is 30.2. The highest BCUT2D eigenvalue weighted by Crippen LogP contribution is 2.42. The maximum atomic E-state index is 5.18. The van der Waals surface area contributed by atoms with E-state index in [9.17, 15) is 0 Å². The molecule has 2 aromatic heterocycles. The smallest absolute Gasteiger partial charge is 0.145 e. The van der Waals surface area contributed by atoms with Gasteiger partial charge in [-0.25, -0.2) is 4.98 Å². The molecule has 8 aromatic carbocycles. The van der Waals surface area contributed by atoms with Crippen LogP contribution in [0.4, 0.5) is 0 Å². The first-order chi connectivity index (χ1) is 22.8. The van der Waals surface area contributed by atoms with E-state index in [4.69, 9.17) is 4.98 Å². The van der Waals surface area contributed by atoms with Crippen LogP contribution in [-0.4, -0.2) is 14.1 Å². The zero-order valence-corrected chi connectivity index (χ0v) is 24.9. The van der Waals surface area contributed by atoms with Crippen molar-refractivity contribution in [2.45, 2.75) is 0 Å². The molecule has 0 atom stereocenters. The highest BCUT2D eigenvalue weighted by atomic mass is 15.1. The van der Waals surface area contributed by atoms with Crippen LogP contribution in [0.1, 0.15) is 0 Å². The largest absolute Gasteiger partial charge is 0.309 e. The number of nitrogens with zero attached hydrogens (tertiary/aromatic N) is 3. The summed E-state index contributed by atoms with van der Waals surface area (Å²) in [6, 6.07) is 58.9. The van der Waals surface area contributed by atoms with Gasteiger partial charge in [-0.1, -0.05) is 103 Å². The van der Waals surface area contributed by atoms with Gasteiger partial charge in [0.1, 0.15) is 5.82 Å². The van der Waals surface area contributed by atoms with E-state index >= 15 is 0 Å². The summed E-state index contributed by atoms with van der Waals surface area (Å²) in [4.78, 5) is 5.18. The maximum Gasteiger partial charge on any atom is 0.145 e. The Hall–Kier alpha value is -6.19. The molecule has 0 fully saturated rings. The Morgan fingerprint density at radius 2 is 0.870 bits per heavy atom. The number of hydrogen-bond acceptors (Lipinski definition) is 1. The molecule has 0 saturated carbocycles. The number of fused-ring (bicyclic) bond motifs is 10. The second-order valence-electron chi connectivity index (χ2n) is 12.0. The monoisotopic (exact) mass is 585 g/mol. The van der Waals surface area contributed by atoms with Gasteiger partial charge in [-0.3, -0.25) is 4.57 Å². The third kappa shape index (κ3) is 3.57. The van der Waals surface area contributed by atoms with Gasteiger partial charge < -0.3 is 4.57 Å². The van der Waals surface area contributed by atoms with E-state index in [1.807, 2.05) is 0 Å². The lowest BCUT2D eigenvalue weighted by Gasteiger charge is -2.14. The maximum absolute atomic E-state index is 5.18. The molecule has 46 heavy (non-hydrogen) atoms. The highest BCUT2D eigenvalue weighted by Gasteiger charge is 2.19. The minimum absolute atomic E-state index is 0.944. The average molecular weight is 586 g/mol. The van der Waals surface area contributed by atoms with Crippen molar-refractivity contribution >= 4 is 65.2 Å². The van der Waals surface area contributed by atoms with Crippen LogP contribution in [0.15, 0.2) is 164 Å². The number of aromatic nitrogens is 3. The Morgan fingerprint density at radius 3 is 1.61 bits per heavy atom. The molecule has 0 amide bonds. The third-order valence-corrected chi connectivity index (χ3v) is 9.48. The fourth-order valence-electron chi connectivity index (χ4n) is 7.47. The van der Waals surface area contributed by atoms with Gasteiger partial charge in [0.2, 0.25) is 0 Å². The van der Waals surface area contributed by atoms with Crippen molar-refractivity contribution in [3.63, 3.8) is 0 Å². The molecule has 0 aliphatic carbocycles. The van der Waals surface area contributed by atoms with Crippen LogP contribution in [0.5, 0.6) is 0 Å². The highest BCUT2D eigenvalue weighted by molar-refractivity contribution is 6.29. The van der Waals surface area contributed by atoms with Crippen molar-refractivity contribution in [3.05, 3.63) is 164 Å². The Morgan fingerprint density at radius 1 is 0.326 bits per heavy atom. The first kappa shape index (κ1) is 25.2. The molecule has 0 spiro atoms. The predicted octanol–water partition coefficient (Wildman–Crippen LogP) is 11.2. The van der Waals surface area contributed by atoms with Gasteiger partial charge in [0, 0.05) is 27.7 Å². The third-order valence-electron chi connectivity index (χ3n) is 9.48. The molecular formula is C43H27N3. The van der Waals surface area contributed by atoms with Crippen molar-refractivity contribution < 1.29 is 0 Å². The number of hydrogen-bond donors (Lipinski definition) is 0. The van der Waals surface area contributed by atoms with E-state index in [0.717, 1.165) is 28.1 Å². The van der Waals surface area contributed by atoms with Gasteiger partial charge in [-0.15, -0.1) is 0 Å². The second-order valence-corrected chi connectivity index (χ2v) is 12.0. The van der Waals surface area contributed by atoms with Crippen LogP contribution in [-0.2, 0) is 0 Å². The van der Waals surface area contributed by atoms with E-state index in [1.54, 1.807) is 0 Å². The van der Waals surface area contributed by atoms with Gasteiger partial charge in [0.25, 0.3) is 0 Å². The lowest BCUT2D eigenvalue weighted by Crippen LogP contribution is -1.97. The molecule has 10 rings (SSSR count). The molecule has 2 heterocycles. The minimum atomic E-state index is 0.944. The second kappa shape index (κ2) is 9.65. The minimum Gasteiger partial charge on any atom is -0.309 e. The number of benzene rings is 8. The number of rotatable bonds is 3. The molecule has 0 unspecified atom stereocenters. The van der Waals surface area contributed by atoms with E-state index in [2.05, 4.69) is 173 Å². The molecule has 3 heteroatoms. The van der Waals surface area contributed by atoms with Crippen LogP contribution in [0.25, 0.3) is 87.9 Å². The van der Waals surface area contributed by atoms with Gasteiger partial charge in [0.05, 0.1) is 22.1 Å². The quantitative estimate of drug-likeness (QED) is 0.189. The molecule has 0 aliphatic heterocycles. The summed E-state index contributed by atoms with van der Waals surface area (Å²) in [5.41, 5.74) is 7.90. The Labute approximate surface area is 265 Å². The molecular weight excluding hydrogens is 558 g/mol. The van der Waals surface area contributed by atoms with Crippen molar-refractivity contribution in [2.75, 3.05) is 0 Å². The van der Waals surface area contributed by atoms with Crippen LogP contribution in [0.3, 0.4) is 0 Å². The van der Waals surface area contributed by atoms with E-state index in [1.165, 1.54) is 59.8 Å². The van der Waals surface area contributed by atoms with Crippen molar-refractivity contribution in [3.8, 4) is 22.8 Å². The summed E-state index contributed by atoms with van der Waals surface area (Å²) in [6.45, 7) is 0. The summed E-state index contributed by atoms with van der Waals surface area (Å²) in [5.74, 6) is 0.944. The van der Waals surface area contributed by atoms with Crippen molar-refractivity contribution in [2.24, 2.45) is 0 Å². The standard InChI is InChI=1S/C43H27N3/c1-3-13-29(14-4-1)45-40-21-11-9-19-34(40)38-26-36-33-24-23-28(25-35(33)31-17-7-8-18-32(31)37(36)27-42(38)45)43-44-39-20-10-12-22-41(39)46(43)30-15-5-2-6-16-30/h1-27H. The zero-order valence-electron chi connectivity index (χ0n) is 24.9.